The van der Waals surface area contributed by atoms with Crippen LogP contribution in [0.5, 0.6) is 0 Å². The number of rotatable bonds is 0. The van der Waals surface area contributed by atoms with Crippen molar-refractivity contribution in [2.24, 2.45) is 0 Å². The second kappa shape index (κ2) is 3.06. The number of nitrogens with two attached hydrogens (primary N) is 1. The molecule has 0 aliphatic rings. The number of hydrogen-bond acceptors (Lipinski definition) is 3. The van der Waals surface area contributed by atoms with Crippen LogP contribution in [0.1, 0.15) is 31.9 Å². The van der Waals surface area contributed by atoms with Gasteiger partial charge in [-0.15, -0.1) is 0 Å². The molecule has 0 unspecified atom stereocenters. The average Bonchev–Trinajstić information content (AvgIpc) is 2.03. The molecule has 1 heterocycles. The van der Waals surface area contributed by atoms with Gasteiger partial charge in [-0.3, -0.25) is 0 Å². The predicted molar refractivity (Wildman–Crippen MR) is 52.1 cm³/mol. The van der Waals surface area contributed by atoms with Crippen LogP contribution in [0.15, 0.2) is 12.3 Å². The van der Waals surface area contributed by atoms with E-state index in [1.165, 1.54) is 6.20 Å². The number of nitrogens with zero attached hydrogens (tertiary/aromatic N) is 2. The molecule has 0 saturated heterocycles. The molecule has 2 N–H and O–H groups in total. The highest BCUT2D eigenvalue weighted by atomic mass is 14.8. The molecule has 0 fully saturated rings. The Bertz CT molecular complexity index is 355. The lowest BCUT2D eigenvalue weighted by Gasteiger charge is -2.20. The zero-order valence-corrected chi connectivity index (χ0v) is 8.13. The summed E-state index contributed by atoms with van der Waals surface area (Å²) < 4.78 is 0. The summed E-state index contributed by atoms with van der Waals surface area (Å²) in [5.41, 5.74) is 7.12. The fraction of sp³-hybridized carbons (Fsp3) is 0.400. The van der Waals surface area contributed by atoms with E-state index in [0.717, 1.165) is 5.56 Å². The molecule has 3 nitrogen and oxygen atoms in total. The van der Waals surface area contributed by atoms with Gasteiger partial charge in [-0.1, -0.05) is 20.8 Å². The zero-order chi connectivity index (χ0) is 10.1. The minimum Gasteiger partial charge on any atom is -0.383 e. The summed E-state index contributed by atoms with van der Waals surface area (Å²) >= 11 is 0. The molecule has 0 aromatic carbocycles. The fourth-order valence-corrected chi connectivity index (χ4v) is 1.14. The Hall–Kier alpha value is -1.56. The van der Waals surface area contributed by atoms with Crippen LogP contribution in [0, 0.1) is 11.3 Å². The largest absolute Gasteiger partial charge is 0.383 e. The van der Waals surface area contributed by atoms with Crippen LogP contribution in [-0.2, 0) is 5.41 Å². The maximum Gasteiger partial charge on any atom is 0.127 e. The first kappa shape index (κ1) is 9.53. The van der Waals surface area contributed by atoms with Crippen molar-refractivity contribution in [3.8, 4) is 6.07 Å². The SMILES string of the molecule is CC(C)(C)c1cc(C#N)cnc1N. The van der Waals surface area contributed by atoms with Crippen molar-refractivity contribution >= 4 is 5.82 Å². The first-order valence-corrected chi connectivity index (χ1v) is 4.11. The summed E-state index contributed by atoms with van der Waals surface area (Å²) in [6.07, 6.45) is 1.49. The number of pyridine rings is 1. The van der Waals surface area contributed by atoms with Crippen molar-refractivity contribution in [1.29, 1.82) is 5.26 Å². The standard InChI is InChI=1S/C10H13N3/c1-10(2,3)8-4-7(5-11)6-13-9(8)12/h4,6H,1-3H3,(H2,12,13). The van der Waals surface area contributed by atoms with E-state index in [1.54, 1.807) is 6.07 Å². The van der Waals surface area contributed by atoms with E-state index in [2.05, 4.69) is 4.98 Å². The lowest BCUT2D eigenvalue weighted by Crippen LogP contribution is -2.15. The van der Waals surface area contributed by atoms with Crippen LogP contribution < -0.4 is 5.73 Å². The van der Waals surface area contributed by atoms with E-state index in [9.17, 15) is 0 Å². The molecule has 0 aliphatic heterocycles. The smallest absolute Gasteiger partial charge is 0.127 e. The van der Waals surface area contributed by atoms with Crippen molar-refractivity contribution < 1.29 is 0 Å². The molecule has 0 bridgehead atoms. The Balaban J connectivity index is 3.29. The average molecular weight is 175 g/mol. The molecule has 0 atom stereocenters. The minimum atomic E-state index is -0.0655. The molecule has 0 spiro atoms. The molecule has 1 aromatic rings. The number of nitrogen functional groups attached to an aromatic ring is 1. The number of aromatic nitrogens is 1. The summed E-state index contributed by atoms with van der Waals surface area (Å²) in [5, 5.41) is 8.69. The molecule has 68 valence electrons. The van der Waals surface area contributed by atoms with Crippen LogP contribution >= 0.6 is 0 Å². The molecule has 0 saturated carbocycles. The lowest BCUT2D eigenvalue weighted by molar-refractivity contribution is 0.590. The molecule has 13 heavy (non-hydrogen) atoms. The second-order valence-electron chi connectivity index (χ2n) is 4.02. The zero-order valence-electron chi connectivity index (χ0n) is 8.13. The van der Waals surface area contributed by atoms with E-state index in [0.29, 0.717) is 11.4 Å². The predicted octanol–water partition coefficient (Wildman–Crippen LogP) is 1.83. The first-order chi connectivity index (χ1) is 5.95. The molecular weight excluding hydrogens is 162 g/mol. The Kier molecular flexibility index (Phi) is 2.24. The third-order valence-corrected chi connectivity index (χ3v) is 1.86. The topological polar surface area (TPSA) is 62.7 Å². The Morgan fingerprint density at radius 2 is 2.08 bits per heavy atom. The van der Waals surface area contributed by atoms with Crippen LogP contribution in [0.4, 0.5) is 5.82 Å². The Morgan fingerprint density at radius 1 is 1.46 bits per heavy atom. The highest BCUT2D eigenvalue weighted by Gasteiger charge is 2.17. The molecule has 3 heteroatoms. The summed E-state index contributed by atoms with van der Waals surface area (Å²) in [6, 6.07) is 3.84. The van der Waals surface area contributed by atoms with Gasteiger partial charge in [0.15, 0.2) is 0 Å². The fourth-order valence-electron chi connectivity index (χ4n) is 1.14. The maximum atomic E-state index is 8.69. The molecule has 0 amide bonds. The van der Waals surface area contributed by atoms with Crippen molar-refractivity contribution in [3.05, 3.63) is 23.4 Å². The normalized spacial score (nSPS) is 10.9. The molecular formula is C10H13N3. The van der Waals surface area contributed by atoms with Crippen molar-refractivity contribution in [1.82, 2.24) is 4.98 Å². The van der Waals surface area contributed by atoms with Crippen LogP contribution in [0.2, 0.25) is 0 Å². The monoisotopic (exact) mass is 175 g/mol. The summed E-state index contributed by atoms with van der Waals surface area (Å²) in [7, 11) is 0. The van der Waals surface area contributed by atoms with Gasteiger partial charge in [0.1, 0.15) is 11.9 Å². The van der Waals surface area contributed by atoms with Crippen molar-refractivity contribution in [2.75, 3.05) is 5.73 Å². The third-order valence-electron chi connectivity index (χ3n) is 1.86. The van der Waals surface area contributed by atoms with E-state index < -0.39 is 0 Å². The van der Waals surface area contributed by atoms with Crippen LogP contribution in [-0.4, -0.2) is 4.98 Å². The van der Waals surface area contributed by atoms with Gasteiger partial charge >= 0.3 is 0 Å². The summed E-state index contributed by atoms with van der Waals surface area (Å²) in [5.74, 6) is 0.506. The van der Waals surface area contributed by atoms with Gasteiger partial charge in [0.05, 0.1) is 5.56 Å². The van der Waals surface area contributed by atoms with Crippen LogP contribution in [0.25, 0.3) is 0 Å². The van der Waals surface area contributed by atoms with Crippen molar-refractivity contribution in [2.45, 2.75) is 26.2 Å². The highest BCUT2D eigenvalue weighted by molar-refractivity contribution is 5.47. The van der Waals surface area contributed by atoms with E-state index >= 15 is 0 Å². The van der Waals surface area contributed by atoms with Gasteiger partial charge in [-0.2, -0.15) is 5.26 Å². The van der Waals surface area contributed by atoms with Gasteiger partial charge in [-0.05, 0) is 11.5 Å². The molecule has 0 radical (unpaired) electrons. The minimum absolute atomic E-state index is 0.0655. The number of anilines is 1. The quantitative estimate of drug-likeness (QED) is 0.654. The maximum absolute atomic E-state index is 8.69. The van der Waals surface area contributed by atoms with Gasteiger partial charge in [0.2, 0.25) is 0 Å². The Labute approximate surface area is 78.2 Å². The lowest BCUT2D eigenvalue weighted by atomic mass is 9.87. The van der Waals surface area contributed by atoms with E-state index in [-0.39, 0.29) is 5.41 Å². The number of nitriles is 1. The summed E-state index contributed by atoms with van der Waals surface area (Å²) in [4.78, 5) is 3.97. The molecule has 1 rings (SSSR count). The van der Waals surface area contributed by atoms with Crippen LogP contribution in [0.3, 0.4) is 0 Å². The van der Waals surface area contributed by atoms with E-state index in [1.807, 2.05) is 26.8 Å². The Morgan fingerprint density at radius 3 is 2.54 bits per heavy atom. The number of hydrogen-bond donors (Lipinski definition) is 1. The van der Waals surface area contributed by atoms with Gasteiger partial charge in [0, 0.05) is 11.8 Å². The van der Waals surface area contributed by atoms with Gasteiger partial charge in [0.25, 0.3) is 0 Å². The van der Waals surface area contributed by atoms with E-state index in [4.69, 9.17) is 11.0 Å². The first-order valence-electron chi connectivity index (χ1n) is 4.11. The van der Waals surface area contributed by atoms with Gasteiger partial charge in [-0.25, -0.2) is 4.98 Å². The van der Waals surface area contributed by atoms with Crippen molar-refractivity contribution in [3.63, 3.8) is 0 Å². The molecule has 0 aliphatic carbocycles. The van der Waals surface area contributed by atoms with Gasteiger partial charge < -0.3 is 5.73 Å². The second-order valence-corrected chi connectivity index (χ2v) is 4.02. The molecule has 1 aromatic heterocycles. The highest BCUT2D eigenvalue weighted by Crippen LogP contribution is 2.26. The summed E-state index contributed by atoms with van der Waals surface area (Å²) in [6.45, 7) is 6.13. The third kappa shape index (κ3) is 1.97.